The van der Waals surface area contributed by atoms with Crippen LogP contribution < -0.4 is 4.72 Å². The minimum absolute atomic E-state index is 0.0614. The summed E-state index contributed by atoms with van der Waals surface area (Å²) < 4.78 is 55.5. The summed E-state index contributed by atoms with van der Waals surface area (Å²) in [6, 6.07) is 14.4. The van der Waals surface area contributed by atoms with Crippen LogP contribution in [0.2, 0.25) is 10.0 Å². The van der Waals surface area contributed by atoms with Gasteiger partial charge in [0.25, 0.3) is 10.0 Å². The van der Waals surface area contributed by atoms with Gasteiger partial charge in [0.1, 0.15) is 10.6 Å². The highest BCUT2D eigenvalue weighted by Gasteiger charge is 2.22. The van der Waals surface area contributed by atoms with Crippen LogP contribution in [-0.4, -0.2) is 8.42 Å². The summed E-state index contributed by atoms with van der Waals surface area (Å²) in [6.45, 7) is 0. The van der Waals surface area contributed by atoms with Gasteiger partial charge in [0.05, 0.1) is 5.02 Å². The Kier molecular flexibility index (Phi) is 5.90. The molecule has 0 aliphatic carbocycles. The van der Waals surface area contributed by atoms with Crippen LogP contribution in [0.3, 0.4) is 0 Å². The van der Waals surface area contributed by atoms with Crippen LogP contribution in [0.5, 0.6) is 0 Å². The Balaban J connectivity index is 1.92. The molecule has 0 heterocycles. The normalized spacial score (nSPS) is 10.9. The molecule has 3 aromatic carbocycles. The van der Waals surface area contributed by atoms with E-state index in [4.69, 9.17) is 23.2 Å². The van der Waals surface area contributed by atoms with Gasteiger partial charge in [-0.15, -0.1) is 0 Å². The van der Waals surface area contributed by atoms with Crippen LogP contribution in [-0.2, 0) is 10.0 Å². The van der Waals surface area contributed by atoms with E-state index in [-0.39, 0.29) is 20.5 Å². The van der Waals surface area contributed by atoms with Crippen LogP contribution >= 0.6 is 23.2 Å². The monoisotopic (exact) mass is 437 g/mol. The van der Waals surface area contributed by atoms with E-state index in [1.807, 2.05) is 10.8 Å². The maximum atomic E-state index is 14.4. The van der Waals surface area contributed by atoms with Crippen molar-refractivity contribution in [2.45, 2.75) is 4.90 Å². The molecule has 3 aromatic rings. The first-order valence-electron chi connectivity index (χ1n) is 7.80. The van der Waals surface area contributed by atoms with Crippen molar-refractivity contribution in [1.29, 1.82) is 0 Å². The molecule has 28 heavy (non-hydrogen) atoms. The lowest BCUT2D eigenvalue weighted by Crippen LogP contribution is -2.16. The average molecular weight is 438 g/mol. The molecule has 3 nitrogen and oxygen atoms in total. The highest BCUT2D eigenvalue weighted by molar-refractivity contribution is 7.92. The third-order valence-electron chi connectivity index (χ3n) is 3.59. The van der Waals surface area contributed by atoms with Gasteiger partial charge < -0.3 is 0 Å². The Labute approximate surface area is 171 Å². The van der Waals surface area contributed by atoms with Crippen LogP contribution in [0.4, 0.5) is 14.5 Å². The van der Waals surface area contributed by atoms with Crippen molar-refractivity contribution in [3.05, 3.63) is 93.5 Å². The highest BCUT2D eigenvalue weighted by atomic mass is 35.5. The molecular formula is C20H11Cl2F2NO2S. The Morgan fingerprint density at radius 1 is 0.821 bits per heavy atom. The first kappa shape index (κ1) is 20.2. The molecule has 0 bridgehead atoms. The minimum atomic E-state index is -4.33. The largest absolute Gasteiger partial charge is 0.274 e. The Morgan fingerprint density at radius 2 is 1.43 bits per heavy atom. The number of sulfonamides is 1. The van der Waals surface area contributed by atoms with Crippen molar-refractivity contribution < 1.29 is 17.2 Å². The molecule has 3 rings (SSSR count). The number of nitrogens with one attached hydrogen (secondary N) is 1. The van der Waals surface area contributed by atoms with Crippen LogP contribution in [0.25, 0.3) is 0 Å². The first-order valence-corrected chi connectivity index (χ1v) is 10.0. The fraction of sp³-hybridized carbons (Fsp3) is 0. The van der Waals surface area contributed by atoms with E-state index in [2.05, 4.69) is 11.8 Å². The fourth-order valence-electron chi connectivity index (χ4n) is 2.29. The predicted molar refractivity (Wildman–Crippen MR) is 106 cm³/mol. The van der Waals surface area contributed by atoms with Crippen LogP contribution in [0.1, 0.15) is 11.1 Å². The second kappa shape index (κ2) is 8.19. The number of rotatable bonds is 3. The van der Waals surface area contributed by atoms with Crippen molar-refractivity contribution >= 4 is 38.9 Å². The number of hydrogen-bond donors (Lipinski definition) is 1. The third kappa shape index (κ3) is 4.63. The number of anilines is 1. The molecule has 0 saturated heterocycles. The fourth-order valence-corrected chi connectivity index (χ4v) is 4.14. The smallest absolute Gasteiger partial charge is 0.263 e. The molecule has 142 valence electrons. The van der Waals surface area contributed by atoms with E-state index in [9.17, 15) is 17.2 Å². The zero-order valence-electron chi connectivity index (χ0n) is 14.0. The summed E-state index contributed by atoms with van der Waals surface area (Å²) in [5.74, 6) is 3.20. The van der Waals surface area contributed by atoms with Crippen LogP contribution in [0, 0.1) is 23.5 Å². The van der Waals surface area contributed by atoms with Crippen molar-refractivity contribution in [3.8, 4) is 11.8 Å². The topological polar surface area (TPSA) is 46.2 Å². The quantitative estimate of drug-likeness (QED) is 0.552. The summed E-state index contributed by atoms with van der Waals surface area (Å²) in [6.07, 6.45) is 0. The maximum Gasteiger partial charge on any atom is 0.263 e. The lowest BCUT2D eigenvalue weighted by atomic mass is 10.1. The van der Waals surface area contributed by atoms with E-state index in [1.165, 1.54) is 12.1 Å². The molecule has 0 aliphatic heterocycles. The standard InChI is InChI=1S/C20H11Cl2F2NO2S/c21-15-8-9-19(16(22)12-15)28(26,27)25-20-17(23)10-14(11-18(20)24)7-6-13-4-2-1-3-5-13/h1-5,8-12,25H. The molecule has 0 aliphatic rings. The van der Waals surface area contributed by atoms with Gasteiger partial charge in [-0.3, -0.25) is 4.72 Å². The van der Waals surface area contributed by atoms with E-state index >= 15 is 0 Å². The molecule has 0 fully saturated rings. The van der Waals surface area contributed by atoms with Gasteiger partial charge in [-0.05, 0) is 42.5 Å². The second-order valence-corrected chi connectivity index (χ2v) is 8.11. The van der Waals surface area contributed by atoms with Crippen molar-refractivity contribution in [2.24, 2.45) is 0 Å². The van der Waals surface area contributed by atoms with E-state index < -0.39 is 27.3 Å². The molecule has 0 unspecified atom stereocenters. The molecule has 1 N–H and O–H groups in total. The summed E-state index contributed by atoms with van der Waals surface area (Å²) >= 11 is 11.6. The van der Waals surface area contributed by atoms with Gasteiger partial charge in [0, 0.05) is 16.1 Å². The molecule has 0 aromatic heterocycles. The summed E-state index contributed by atoms with van der Waals surface area (Å²) in [5, 5.41) is 0.0498. The van der Waals surface area contributed by atoms with Crippen molar-refractivity contribution in [3.63, 3.8) is 0 Å². The molecule has 0 spiro atoms. The number of benzene rings is 3. The average Bonchev–Trinajstić information content (AvgIpc) is 2.63. The van der Waals surface area contributed by atoms with Gasteiger partial charge in [-0.2, -0.15) is 0 Å². The molecule has 0 saturated carbocycles. The first-order chi connectivity index (χ1) is 13.3. The Hall–Kier alpha value is -2.59. The van der Waals surface area contributed by atoms with Crippen molar-refractivity contribution in [1.82, 2.24) is 0 Å². The second-order valence-electron chi connectivity index (χ2n) is 5.61. The summed E-state index contributed by atoms with van der Waals surface area (Å²) in [5.41, 5.74) is -0.0897. The van der Waals surface area contributed by atoms with Gasteiger partial charge in [-0.25, -0.2) is 17.2 Å². The molecule has 0 atom stereocenters. The van der Waals surface area contributed by atoms with Crippen LogP contribution in [0.15, 0.2) is 65.6 Å². The van der Waals surface area contributed by atoms with E-state index in [0.717, 1.165) is 18.2 Å². The van der Waals surface area contributed by atoms with Gasteiger partial charge in [-0.1, -0.05) is 53.2 Å². The molecular weight excluding hydrogens is 427 g/mol. The van der Waals surface area contributed by atoms with E-state index in [1.54, 1.807) is 24.3 Å². The number of halogens is 4. The zero-order chi connectivity index (χ0) is 20.3. The van der Waals surface area contributed by atoms with Gasteiger partial charge >= 0.3 is 0 Å². The number of hydrogen-bond acceptors (Lipinski definition) is 2. The zero-order valence-corrected chi connectivity index (χ0v) is 16.3. The minimum Gasteiger partial charge on any atom is -0.274 e. The van der Waals surface area contributed by atoms with Crippen molar-refractivity contribution in [2.75, 3.05) is 4.72 Å². The lowest BCUT2D eigenvalue weighted by Gasteiger charge is -2.11. The summed E-state index contributed by atoms with van der Waals surface area (Å²) in [7, 11) is -4.33. The summed E-state index contributed by atoms with van der Waals surface area (Å²) in [4.78, 5) is -0.356. The lowest BCUT2D eigenvalue weighted by molar-refractivity contribution is 0.582. The third-order valence-corrected chi connectivity index (χ3v) is 5.65. The Morgan fingerprint density at radius 3 is 2.04 bits per heavy atom. The highest BCUT2D eigenvalue weighted by Crippen LogP contribution is 2.29. The molecule has 0 radical (unpaired) electrons. The predicted octanol–water partition coefficient (Wildman–Crippen LogP) is 5.47. The SMILES string of the molecule is O=S(=O)(Nc1c(F)cc(C#Cc2ccccc2)cc1F)c1ccc(Cl)cc1Cl. The molecule has 8 heteroatoms. The maximum absolute atomic E-state index is 14.4. The van der Waals surface area contributed by atoms with Gasteiger partial charge in [0.15, 0.2) is 11.6 Å². The Bertz CT molecular complexity index is 1180. The van der Waals surface area contributed by atoms with E-state index in [0.29, 0.717) is 5.56 Å². The van der Waals surface area contributed by atoms with Gasteiger partial charge in [0.2, 0.25) is 0 Å². The molecule has 0 amide bonds.